The molecule has 1 aromatic carbocycles. The second-order valence-electron chi connectivity index (χ2n) is 7.04. The molecule has 0 unspecified atom stereocenters. The van der Waals surface area contributed by atoms with Crippen molar-refractivity contribution in [2.24, 2.45) is 0 Å². The van der Waals surface area contributed by atoms with Gasteiger partial charge in [0.1, 0.15) is 5.60 Å². The molecule has 24 heavy (non-hydrogen) atoms. The Balaban J connectivity index is 2.21. The first kappa shape index (κ1) is 18.5. The quantitative estimate of drug-likeness (QED) is 0.818. The molecule has 1 aliphatic rings. The van der Waals surface area contributed by atoms with Crippen molar-refractivity contribution in [3.05, 3.63) is 41.5 Å². The van der Waals surface area contributed by atoms with E-state index < -0.39 is 15.4 Å². The Morgan fingerprint density at radius 1 is 1.08 bits per heavy atom. The molecule has 0 bridgehead atoms. The molecule has 0 N–H and O–H groups in total. The van der Waals surface area contributed by atoms with Gasteiger partial charge in [-0.05, 0) is 44.7 Å². The average Bonchev–Trinajstić information content (AvgIpc) is 2.46. The highest BCUT2D eigenvalue weighted by Crippen LogP contribution is 2.31. The lowest BCUT2D eigenvalue weighted by Crippen LogP contribution is -2.40. The summed E-state index contributed by atoms with van der Waals surface area (Å²) in [6.07, 6.45) is 1.97. The van der Waals surface area contributed by atoms with E-state index in [4.69, 9.17) is 4.74 Å². The number of carbonyl (C=O) groups excluding carboxylic acids is 1. The van der Waals surface area contributed by atoms with Crippen LogP contribution in [-0.4, -0.2) is 44.4 Å². The molecule has 1 aromatic rings. The van der Waals surface area contributed by atoms with E-state index in [1.54, 1.807) is 4.90 Å². The third kappa shape index (κ3) is 4.84. The van der Waals surface area contributed by atoms with Gasteiger partial charge in [0.15, 0.2) is 9.84 Å². The van der Waals surface area contributed by atoms with Crippen molar-refractivity contribution in [2.45, 2.75) is 39.2 Å². The Labute approximate surface area is 144 Å². The molecule has 0 aliphatic carbocycles. The number of carbonyl (C=O) groups is 1. The van der Waals surface area contributed by atoms with Gasteiger partial charge in [-0.25, -0.2) is 13.2 Å². The van der Waals surface area contributed by atoms with Gasteiger partial charge in [-0.15, -0.1) is 0 Å². The zero-order chi connectivity index (χ0) is 18.0. The Bertz CT molecular complexity index is 720. The molecule has 0 atom stereocenters. The van der Waals surface area contributed by atoms with Crippen LogP contribution in [0.1, 0.15) is 39.2 Å². The van der Waals surface area contributed by atoms with Crippen molar-refractivity contribution < 1.29 is 17.9 Å². The number of nitrogens with zero attached hydrogens (tertiary/aromatic N) is 1. The molecule has 0 radical (unpaired) electrons. The van der Waals surface area contributed by atoms with E-state index in [0.717, 1.165) is 5.57 Å². The van der Waals surface area contributed by atoms with Crippen LogP contribution in [0.15, 0.2) is 35.9 Å². The summed E-state index contributed by atoms with van der Waals surface area (Å²) < 4.78 is 29.9. The first-order chi connectivity index (χ1) is 11.1. The van der Waals surface area contributed by atoms with E-state index >= 15 is 0 Å². The van der Waals surface area contributed by atoms with Crippen LogP contribution >= 0.6 is 0 Å². The molecule has 132 valence electrons. The summed E-state index contributed by atoms with van der Waals surface area (Å²) in [5, 5.41) is 0. The van der Waals surface area contributed by atoms with Gasteiger partial charge in [0.05, 0.1) is 4.91 Å². The topological polar surface area (TPSA) is 63.7 Å². The third-order valence-electron chi connectivity index (χ3n) is 3.75. The molecule has 0 aromatic heterocycles. The highest BCUT2D eigenvalue weighted by Gasteiger charge is 2.28. The van der Waals surface area contributed by atoms with E-state index in [1.807, 2.05) is 51.1 Å². The summed E-state index contributed by atoms with van der Waals surface area (Å²) in [6, 6.07) is 9.14. The van der Waals surface area contributed by atoms with Gasteiger partial charge in [-0.1, -0.05) is 30.3 Å². The lowest BCUT2D eigenvalue weighted by Gasteiger charge is -2.31. The predicted molar refractivity (Wildman–Crippen MR) is 95.2 cm³/mol. The van der Waals surface area contributed by atoms with Crippen LogP contribution in [0.25, 0.3) is 4.91 Å². The molecule has 0 spiro atoms. The fourth-order valence-corrected chi connectivity index (χ4v) is 4.08. The maximum absolute atomic E-state index is 12.3. The first-order valence-electron chi connectivity index (χ1n) is 8.03. The van der Waals surface area contributed by atoms with Crippen LogP contribution < -0.4 is 0 Å². The molecular formula is C18H25NO4S. The molecule has 1 fully saturated rings. The zero-order valence-corrected chi connectivity index (χ0v) is 15.5. The minimum absolute atomic E-state index is 0.345. The largest absolute Gasteiger partial charge is 0.444 e. The average molecular weight is 351 g/mol. The number of benzene rings is 1. The number of piperidine rings is 1. The van der Waals surface area contributed by atoms with Crippen LogP contribution in [0.4, 0.5) is 4.79 Å². The number of sulfone groups is 1. The van der Waals surface area contributed by atoms with Crippen LogP contribution in [0.3, 0.4) is 0 Å². The van der Waals surface area contributed by atoms with E-state index in [0.29, 0.717) is 36.4 Å². The van der Waals surface area contributed by atoms with Gasteiger partial charge in [0.2, 0.25) is 0 Å². The van der Waals surface area contributed by atoms with Crippen molar-refractivity contribution in [3.8, 4) is 0 Å². The Morgan fingerprint density at radius 3 is 2.08 bits per heavy atom. The van der Waals surface area contributed by atoms with E-state index in [2.05, 4.69) is 0 Å². The van der Waals surface area contributed by atoms with Crippen LogP contribution in [0, 0.1) is 0 Å². The van der Waals surface area contributed by atoms with E-state index in [1.165, 1.54) is 6.26 Å². The summed E-state index contributed by atoms with van der Waals surface area (Å²) in [7, 11) is -3.34. The van der Waals surface area contributed by atoms with Crippen molar-refractivity contribution in [1.82, 2.24) is 4.90 Å². The minimum Gasteiger partial charge on any atom is -0.444 e. The summed E-state index contributed by atoms with van der Waals surface area (Å²) in [6.45, 7) is 6.43. The predicted octanol–water partition coefficient (Wildman–Crippen LogP) is 3.47. The molecule has 0 saturated carbocycles. The number of amides is 1. The van der Waals surface area contributed by atoms with Crippen LogP contribution in [-0.2, 0) is 14.6 Å². The van der Waals surface area contributed by atoms with Gasteiger partial charge >= 0.3 is 6.09 Å². The Hall–Kier alpha value is -1.82. The highest BCUT2D eigenvalue weighted by molar-refractivity contribution is 8.00. The molecule has 6 heteroatoms. The Kier molecular flexibility index (Phi) is 5.38. The maximum Gasteiger partial charge on any atom is 0.410 e. The van der Waals surface area contributed by atoms with E-state index in [-0.39, 0.29) is 6.09 Å². The van der Waals surface area contributed by atoms with Gasteiger partial charge in [0, 0.05) is 19.3 Å². The molecule has 2 rings (SSSR count). The van der Waals surface area contributed by atoms with Crippen LogP contribution in [0.2, 0.25) is 0 Å². The van der Waals surface area contributed by atoms with Gasteiger partial charge in [-0.2, -0.15) is 0 Å². The second kappa shape index (κ2) is 6.97. The zero-order valence-electron chi connectivity index (χ0n) is 14.7. The van der Waals surface area contributed by atoms with E-state index in [9.17, 15) is 13.2 Å². The number of likely N-dealkylation sites (tertiary alicyclic amines) is 1. The molecular weight excluding hydrogens is 326 g/mol. The second-order valence-corrected chi connectivity index (χ2v) is 8.99. The minimum atomic E-state index is -3.34. The number of hydrogen-bond acceptors (Lipinski definition) is 4. The van der Waals surface area contributed by atoms with Crippen molar-refractivity contribution >= 4 is 20.8 Å². The summed E-state index contributed by atoms with van der Waals surface area (Å²) >= 11 is 0. The van der Waals surface area contributed by atoms with Gasteiger partial charge < -0.3 is 9.64 Å². The van der Waals surface area contributed by atoms with Crippen molar-refractivity contribution in [1.29, 1.82) is 0 Å². The lowest BCUT2D eigenvalue weighted by molar-refractivity contribution is 0.0237. The summed E-state index contributed by atoms with van der Waals surface area (Å²) in [5.74, 6) is 0. The number of rotatable bonds is 2. The number of ether oxygens (including phenoxy) is 1. The third-order valence-corrected chi connectivity index (χ3v) is 5.01. The van der Waals surface area contributed by atoms with Crippen molar-refractivity contribution in [2.75, 3.05) is 19.3 Å². The fourth-order valence-electron chi connectivity index (χ4n) is 2.78. The fraction of sp³-hybridized carbons (Fsp3) is 0.500. The maximum atomic E-state index is 12.3. The molecule has 5 nitrogen and oxygen atoms in total. The van der Waals surface area contributed by atoms with Crippen molar-refractivity contribution in [3.63, 3.8) is 0 Å². The Morgan fingerprint density at radius 2 is 1.62 bits per heavy atom. The standard InChI is InChI=1S/C18H25NO4S/c1-18(2,3)23-17(20)19-12-10-15(11-13-19)16(24(4,21)22)14-8-6-5-7-9-14/h5-9H,10-13H2,1-4H3. The smallest absolute Gasteiger partial charge is 0.410 e. The molecule has 1 aliphatic heterocycles. The lowest BCUT2D eigenvalue weighted by atomic mass is 10.0. The monoisotopic (exact) mass is 351 g/mol. The van der Waals surface area contributed by atoms with Gasteiger partial charge in [-0.3, -0.25) is 0 Å². The molecule has 1 amide bonds. The number of hydrogen-bond donors (Lipinski definition) is 0. The molecule has 1 heterocycles. The van der Waals surface area contributed by atoms with Gasteiger partial charge in [0.25, 0.3) is 0 Å². The summed E-state index contributed by atoms with van der Waals surface area (Å²) in [5.41, 5.74) is 1.05. The first-order valence-corrected chi connectivity index (χ1v) is 9.92. The molecule has 1 saturated heterocycles. The summed E-state index contributed by atoms with van der Waals surface area (Å²) in [4.78, 5) is 14.2. The normalized spacial score (nSPS) is 16.0. The highest BCUT2D eigenvalue weighted by atomic mass is 32.2. The SMILES string of the molecule is CC(C)(C)OC(=O)N1CCC(=C(c2ccccc2)S(C)(=O)=O)CC1. The van der Waals surface area contributed by atoms with Crippen LogP contribution in [0.5, 0.6) is 0 Å².